The molecule has 2 rings (SSSR count). The van der Waals surface area contributed by atoms with E-state index in [1.807, 2.05) is 68.4 Å². The van der Waals surface area contributed by atoms with Gasteiger partial charge in [-0.25, -0.2) is 0 Å². The van der Waals surface area contributed by atoms with Gasteiger partial charge < -0.3 is 10.5 Å². The summed E-state index contributed by atoms with van der Waals surface area (Å²) >= 11 is 0. The van der Waals surface area contributed by atoms with Crippen molar-refractivity contribution in [3.8, 4) is 11.8 Å². The lowest BCUT2D eigenvalue weighted by molar-refractivity contribution is 0.242. The summed E-state index contributed by atoms with van der Waals surface area (Å²) in [5, 5.41) is 9.41. The second kappa shape index (κ2) is 6.62. The van der Waals surface area contributed by atoms with Crippen LogP contribution in [-0.4, -0.2) is 6.10 Å². The Balaban J connectivity index is 2.44. The summed E-state index contributed by atoms with van der Waals surface area (Å²) in [5.74, 6) is 0.746. The van der Waals surface area contributed by atoms with Crippen molar-refractivity contribution < 1.29 is 4.74 Å². The van der Waals surface area contributed by atoms with Crippen molar-refractivity contribution in [2.75, 3.05) is 0 Å². The highest BCUT2D eigenvalue weighted by atomic mass is 16.5. The molecule has 2 N–H and O–H groups in total. The molecule has 0 fully saturated rings. The van der Waals surface area contributed by atoms with E-state index in [1.54, 1.807) is 0 Å². The van der Waals surface area contributed by atoms with Crippen molar-refractivity contribution in [2.45, 2.75) is 20.0 Å². The Kier molecular flexibility index (Phi) is 4.63. The average Bonchev–Trinajstić information content (AvgIpc) is 2.48. The van der Waals surface area contributed by atoms with Gasteiger partial charge in [0.15, 0.2) is 0 Å². The predicted molar refractivity (Wildman–Crippen MR) is 85.3 cm³/mol. The normalized spacial score (nSPS) is 11.7. The zero-order valence-corrected chi connectivity index (χ0v) is 12.2. The van der Waals surface area contributed by atoms with Crippen LogP contribution in [0.4, 0.5) is 0 Å². The Morgan fingerprint density at radius 3 is 2.33 bits per heavy atom. The van der Waals surface area contributed by atoms with Gasteiger partial charge >= 0.3 is 0 Å². The highest BCUT2D eigenvalue weighted by Crippen LogP contribution is 2.25. The molecule has 106 valence electrons. The molecule has 21 heavy (non-hydrogen) atoms. The Hall–Kier alpha value is -2.73. The maximum absolute atomic E-state index is 9.41. The lowest BCUT2D eigenvalue weighted by Gasteiger charge is -2.12. The van der Waals surface area contributed by atoms with Gasteiger partial charge in [0, 0.05) is 5.56 Å². The lowest BCUT2D eigenvalue weighted by atomic mass is 10.0. The van der Waals surface area contributed by atoms with E-state index < -0.39 is 0 Å². The summed E-state index contributed by atoms with van der Waals surface area (Å²) in [7, 11) is 0. The molecule has 0 saturated heterocycles. The Morgan fingerprint density at radius 2 is 1.71 bits per heavy atom. The maximum atomic E-state index is 9.41. The first-order chi connectivity index (χ1) is 10.1. The van der Waals surface area contributed by atoms with Crippen molar-refractivity contribution in [3.05, 3.63) is 65.7 Å². The number of benzene rings is 2. The fourth-order valence-electron chi connectivity index (χ4n) is 2.04. The molecule has 2 aromatic rings. The third-order valence-corrected chi connectivity index (χ3v) is 2.96. The van der Waals surface area contributed by atoms with Crippen molar-refractivity contribution in [1.82, 2.24) is 0 Å². The topological polar surface area (TPSA) is 59.0 Å². The van der Waals surface area contributed by atoms with E-state index in [0.29, 0.717) is 11.3 Å². The molecule has 0 spiro atoms. The van der Waals surface area contributed by atoms with Crippen molar-refractivity contribution in [2.24, 2.45) is 5.73 Å². The van der Waals surface area contributed by atoms with Gasteiger partial charge in [0.1, 0.15) is 11.8 Å². The molecular weight excluding hydrogens is 260 g/mol. The molecular formula is C18H18N2O. The quantitative estimate of drug-likeness (QED) is 0.683. The fraction of sp³-hybridized carbons (Fsp3) is 0.167. The van der Waals surface area contributed by atoms with Gasteiger partial charge in [0.25, 0.3) is 0 Å². The van der Waals surface area contributed by atoms with Gasteiger partial charge in [-0.15, -0.1) is 0 Å². The summed E-state index contributed by atoms with van der Waals surface area (Å²) < 4.78 is 5.66. The zero-order valence-electron chi connectivity index (χ0n) is 12.2. The summed E-state index contributed by atoms with van der Waals surface area (Å²) in [6.07, 6.45) is 0.0926. The molecule has 0 atom stereocenters. The number of allylic oxidation sites excluding steroid dienone is 1. The molecule has 2 aromatic carbocycles. The molecule has 0 bridgehead atoms. The first-order valence-electron chi connectivity index (χ1n) is 6.84. The highest BCUT2D eigenvalue weighted by Gasteiger charge is 2.09. The minimum Gasteiger partial charge on any atom is -0.491 e. The zero-order chi connectivity index (χ0) is 15.2. The van der Waals surface area contributed by atoms with Gasteiger partial charge in [0.2, 0.25) is 0 Å². The third kappa shape index (κ3) is 3.64. The summed E-state index contributed by atoms with van der Waals surface area (Å²) in [6, 6.07) is 19.1. The summed E-state index contributed by atoms with van der Waals surface area (Å²) in [5.41, 5.74) is 8.71. The first-order valence-corrected chi connectivity index (χ1v) is 6.84. The van der Waals surface area contributed by atoms with Crippen LogP contribution in [0.15, 0.2) is 54.6 Å². The Morgan fingerprint density at radius 1 is 1.05 bits per heavy atom. The number of ether oxygens (including phenoxy) is 1. The van der Waals surface area contributed by atoms with Crippen LogP contribution in [0.1, 0.15) is 25.0 Å². The van der Waals surface area contributed by atoms with Crippen molar-refractivity contribution >= 4 is 11.3 Å². The van der Waals surface area contributed by atoms with Crippen LogP contribution in [0.2, 0.25) is 0 Å². The standard InChI is InChI=1S/C18H18N2O/c1-13(2)21-16-10-6-9-15(11-16)18(20)17(12-19)14-7-4-3-5-8-14/h3-11,13H,20H2,1-2H3/b18-17+. The molecule has 3 heteroatoms. The third-order valence-electron chi connectivity index (χ3n) is 2.96. The van der Waals surface area contributed by atoms with E-state index in [9.17, 15) is 5.26 Å². The van der Waals surface area contributed by atoms with Crippen molar-refractivity contribution in [3.63, 3.8) is 0 Å². The molecule has 0 aliphatic carbocycles. The van der Waals surface area contributed by atoms with Gasteiger partial charge in [-0.2, -0.15) is 5.26 Å². The number of rotatable bonds is 4. The number of nitrogens with two attached hydrogens (primary N) is 1. The molecule has 0 radical (unpaired) electrons. The largest absolute Gasteiger partial charge is 0.491 e. The van der Waals surface area contributed by atoms with Crippen LogP contribution >= 0.6 is 0 Å². The monoisotopic (exact) mass is 278 g/mol. The Labute approximate surface area is 125 Å². The Bertz CT molecular complexity index is 682. The predicted octanol–water partition coefficient (Wildman–Crippen LogP) is 3.82. The minimum absolute atomic E-state index is 0.0926. The summed E-state index contributed by atoms with van der Waals surface area (Å²) in [6.45, 7) is 3.94. The second-order valence-corrected chi connectivity index (χ2v) is 4.96. The van der Waals surface area contributed by atoms with Gasteiger partial charge in [-0.1, -0.05) is 42.5 Å². The van der Waals surface area contributed by atoms with E-state index in [0.717, 1.165) is 16.9 Å². The van der Waals surface area contributed by atoms with E-state index in [1.165, 1.54) is 0 Å². The minimum atomic E-state index is 0.0926. The average molecular weight is 278 g/mol. The van der Waals surface area contributed by atoms with Crippen LogP contribution < -0.4 is 10.5 Å². The smallest absolute Gasteiger partial charge is 0.120 e. The number of nitriles is 1. The van der Waals surface area contributed by atoms with Crippen LogP contribution in [0.3, 0.4) is 0 Å². The fourth-order valence-corrected chi connectivity index (χ4v) is 2.04. The number of hydrogen-bond acceptors (Lipinski definition) is 3. The molecule has 0 aliphatic heterocycles. The van der Waals surface area contributed by atoms with Gasteiger partial charge in [0.05, 0.1) is 17.4 Å². The van der Waals surface area contributed by atoms with E-state index in [4.69, 9.17) is 10.5 Å². The SMILES string of the molecule is CC(C)Oc1cccc(/C(N)=C(/C#N)c2ccccc2)c1. The molecule has 0 amide bonds. The highest BCUT2D eigenvalue weighted by molar-refractivity contribution is 5.96. The van der Waals surface area contributed by atoms with E-state index >= 15 is 0 Å². The van der Waals surface area contributed by atoms with E-state index in [2.05, 4.69) is 6.07 Å². The molecule has 0 saturated carbocycles. The summed E-state index contributed by atoms with van der Waals surface area (Å²) in [4.78, 5) is 0. The van der Waals surface area contributed by atoms with E-state index in [-0.39, 0.29) is 6.10 Å². The maximum Gasteiger partial charge on any atom is 0.120 e. The molecule has 0 heterocycles. The van der Waals surface area contributed by atoms with Crippen molar-refractivity contribution in [1.29, 1.82) is 5.26 Å². The van der Waals surface area contributed by atoms with Gasteiger partial charge in [-0.3, -0.25) is 0 Å². The van der Waals surface area contributed by atoms with Crippen LogP contribution in [0.25, 0.3) is 11.3 Å². The number of hydrogen-bond donors (Lipinski definition) is 1. The second-order valence-electron chi connectivity index (χ2n) is 4.96. The van der Waals surface area contributed by atoms with Crippen LogP contribution in [-0.2, 0) is 0 Å². The number of nitrogens with zero attached hydrogens (tertiary/aromatic N) is 1. The molecule has 0 aliphatic rings. The molecule has 3 nitrogen and oxygen atoms in total. The molecule has 0 unspecified atom stereocenters. The molecule has 0 aromatic heterocycles. The van der Waals surface area contributed by atoms with Crippen LogP contribution in [0, 0.1) is 11.3 Å². The van der Waals surface area contributed by atoms with Gasteiger partial charge in [-0.05, 0) is 31.5 Å². The first kappa shape index (κ1) is 14.7. The lowest BCUT2D eigenvalue weighted by Crippen LogP contribution is -2.06. The van der Waals surface area contributed by atoms with Crippen LogP contribution in [0.5, 0.6) is 5.75 Å².